The molecule has 0 unspecified atom stereocenters. The number of nitrogens with one attached hydrogen (secondary N) is 2. The van der Waals surface area contributed by atoms with Gasteiger partial charge in [-0.2, -0.15) is 0 Å². The molecule has 0 atom stereocenters. The summed E-state index contributed by atoms with van der Waals surface area (Å²) in [5.74, 6) is -0.442. The Morgan fingerprint density at radius 2 is 1.87 bits per heavy atom. The number of para-hydroxylation sites is 1. The summed E-state index contributed by atoms with van der Waals surface area (Å²) in [6.45, 7) is 3.81. The summed E-state index contributed by atoms with van der Waals surface area (Å²) in [7, 11) is 0. The van der Waals surface area contributed by atoms with Gasteiger partial charge in [0, 0.05) is 25.4 Å². The van der Waals surface area contributed by atoms with Gasteiger partial charge >= 0.3 is 0 Å². The molecule has 0 fully saturated rings. The number of amides is 1. The molecular weight excluding hydrogens is 295 g/mol. The molecule has 0 aliphatic carbocycles. The minimum absolute atomic E-state index is 0.147. The van der Waals surface area contributed by atoms with Gasteiger partial charge in [0.05, 0.1) is 11.3 Å². The van der Waals surface area contributed by atoms with Crippen LogP contribution in [0.15, 0.2) is 48.5 Å². The summed E-state index contributed by atoms with van der Waals surface area (Å²) in [5, 5.41) is 6.01. The molecule has 0 saturated carbocycles. The lowest BCUT2D eigenvalue weighted by molar-refractivity contribution is 0.0945. The molecule has 122 valence electrons. The highest BCUT2D eigenvalue weighted by Crippen LogP contribution is 2.21. The van der Waals surface area contributed by atoms with E-state index in [0.717, 1.165) is 12.1 Å². The van der Waals surface area contributed by atoms with Crippen LogP contribution in [-0.2, 0) is 4.74 Å². The van der Waals surface area contributed by atoms with Gasteiger partial charge < -0.3 is 15.4 Å². The van der Waals surface area contributed by atoms with Gasteiger partial charge in [-0.25, -0.2) is 4.39 Å². The number of ether oxygens (including phenoxy) is 1. The third-order valence-electron chi connectivity index (χ3n) is 3.25. The summed E-state index contributed by atoms with van der Waals surface area (Å²) in [4.78, 5) is 12.3. The quantitative estimate of drug-likeness (QED) is 0.730. The second-order valence-corrected chi connectivity index (χ2v) is 4.98. The van der Waals surface area contributed by atoms with Gasteiger partial charge in [-0.1, -0.05) is 12.1 Å². The SMILES string of the molecule is CCOCCCNC(=O)c1ccccc1Nc1ccc(F)cc1. The fraction of sp³-hybridized carbons (Fsp3) is 0.278. The maximum Gasteiger partial charge on any atom is 0.253 e. The number of benzene rings is 2. The molecule has 0 aliphatic rings. The van der Waals surface area contributed by atoms with Gasteiger partial charge in [0.1, 0.15) is 5.82 Å². The van der Waals surface area contributed by atoms with Gasteiger partial charge in [-0.05, 0) is 49.7 Å². The number of halogens is 1. The molecule has 0 aliphatic heterocycles. The largest absolute Gasteiger partial charge is 0.382 e. The van der Waals surface area contributed by atoms with Crippen LogP contribution in [-0.4, -0.2) is 25.7 Å². The third-order valence-corrected chi connectivity index (χ3v) is 3.25. The van der Waals surface area contributed by atoms with Crippen molar-refractivity contribution >= 4 is 17.3 Å². The van der Waals surface area contributed by atoms with Gasteiger partial charge in [0.2, 0.25) is 0 Å². The lowest BCUT2D eigenvalue weighted by Crippen LogP contribution is -2.26. The average Bonchev–Trinajstić information content (AvgIpc) is 2.57. The van der Waals surface area contributed by atoms with Gasteiger partial charge in [-0.3, -0.25) is 4.79 Å². The number of rotatable bonds is 8. The van der Waals surface area contributed by atoms with Gasteiger partial charge in [0.15, 0.2) is 0 Å². The smallest absolute Gasteiger partial charge is 0.253 e. The Labute approximate surface area is 135 Å². The second kappa shape index (κ2) is 8.90. The van der Waals surface area contributed by atoms with Crippen LogP contribution in [0.1, 0.15) is 23.7 Å². The van der Waals surface area contributed by atoms with E-state index in [4.69, 9.17) is 4.74 Å². The monoisotopic (exact) mass is 316 g/mol. The van der Waals surface area contributed by atoms with Crippen LogP contribution < -0.4 is 10.6 Å². The highest BCUT2D eigenvalue weighted by molar-refractivity contribution is 6.00. The minimum atomic E-state index is -0.295. The normalized spacial score (nSPS) is 10.3. The van der Waals surface area contributed by atoms with Crippen LogP contribution >= 0.6 is 0 Å². The van der Waals surface area contributed by atoms with Crippen molar-refractivity contribution in [3.05, 3.63) is 59.9 Å². The fourth-order valence-corrected chi connectivity index (χ4v) is 2.09. The highest BCUT2D eigenvalue weighted by atomic mass is 19.1. The molecular formula is C18H21FN2O2. The van der Waals surface area contributed by atoms with Crippen molar-refractivity contribution < 1.29 is 13.9 Å². The number of carbonyl (C=O) groups is 1. The Kier molecular flexibility index (Phi) is 6.56. The van der Waals surface area contributed by atoms with Crippen molar-refractivity contribution in [1.82, 2.24) is 5.32 Å². The molecule has 2 N–H and O–H groups in total. The van der Waals surface area contributed by atoms with Crippen LogP contribution in [0.3, 0.4) is 0 Å². The molecule has 4 nitrogen and oxygen atoms in total. The van der Waals surface area contributed by atoms with Crippen molar-refractivity contribution in [2.45, 2.75) is 13.3 Å². The summed E-state index contributed by atoms with van der Waals surface area (Å²) in [6, 6.07) is 13.2. The van der Waals surface area contributed by atoms with Crippen LogP contribution in [0.25, 0.3) is 0 Å². The minimum Gasteiger partial charge on any atom is -0.382 e. The Balaban J connectivity index is 1.99. The van der Waals surface area contributed by atoms with E-state index in [1.807, 2.05) is 25.1 Å². The Morgan fingerprint density at radius 3 is 2.61 bits per heavy atom. The molecule has 0 saturated heterocycles. The first-order valence-corrected chi connectivity index (χ1v) is 7.68. The molecule has 5 heteroatoms. The van der Waals surface area contributed by atoms with Gasteiger partial charge in [0.25, 0.3) is 5.91 Å². The topological polar surface area (TPSA) is 50.4 Å². The first-order valence-electron chi connectivity index (χ1n) is 7.68. The second-order valence-electron chi connectivity index (χ2n) is 4.98. The zero-order valence-electron chi connectivity index (χ0n) is 13.1. The maximum atomic E-state index is 13.0. The average molecular weight is 316 g/mol. The van der Waals surface area contributed by atoms with E-state index in [0.29, 0.717) is 31.0 Å². The summed E-state index contributed by atoms with van der Waals surface area (Å²) < 4.78 is 18.2. The number of anilines is 2. The summed E-state index contributed by atoms with van der Waals surface area (Å²) in [6.07, 6.45) is 0.771. The highest BCUT2D eigenvalue weighted by Gasteiger charge is 2.10. The summed E-state index contributed by atoms with van der Waals surface area (Å²) >= 11 is 0. The molecule has 0 bridgehead atoms. The molecule has 0 heterocycles. The molecule has 1 amide bonds. The zero-order valence-corrected chi connectivity index (χ0v) is 13.1. The molecule has 2 aromatic rings. The first-order chi connectivity index (χ1) is 11.2. The summed E-state index contributed by atoms with van der Waals surface area (Å²) in [5.41, 5.74) is 1.96. The standard InChI is InChI=1S/C18H21FN2O2/c1-2-23-13-5-12-20-18(22)16-6-3-4-7-17(16)21-15-10-8-14(19)9-11-15/h3-4,6-11,21H,2,5,12-13H2,1H3,(H,20,22). The first kappa shape index (κ1) is 17.0. The lowest BCUT2D eigenvalue weighted by Gasteiger charge is -2.12. The predicted octanol–water partition coefficient (Wildman–Crippen LogP) is 3.73. The number of hydrogen-bond acceptors (Lipinski definition) is 3. The van der Waals surface area contributed by atoms with Crippen LogP contribution in [0.2, 0.25) is 0 Å². The van der Waals surface area contributed by atoms with Crippen molar-refractivity contribution in [3.63, 3.8) is 0 Å². The zero-order chi connectivity index (χ0) is 16.5. The van der Waals surface area contributed by atoms with E-state index in [2.05, 4.69) is 10.6 Å². The molecule has 2 rings (SSSR count). The molecule has 0 radical (unpaired) electrons. The van der Waals surface area contributed by atoms with Crippen molar-refractivity contribution in [2.24, 2.45) is 0 Å². The Hall–Kier alpha value is -2.40. The van der Waals surface area contributed by atoms with E-state index < -0.39 is 0 Å². The predicted molar refractivity (Wildman–Crippen MR) is 89.6 cm³/mol. The number of carbonyl (C=O) groups excluding carboxylic acids is 1. The van der Waals surface area contributed by atoms with Crippen LogP contribution in [0.4, 0.5) is 15.8 Å². The van der Waals surface area contributed by atoms with E-state index in [1.165, 1.54) is 12.1 Å². The molecule has 23 heavy (non-hydrogen) atoms. The van der Waals surface area contributed by atoms with Gasteiger partial charge in [-0.15, -0.1) is 0 Å². The van der Waals surface area contributed by atoms with E-state index in [9.17, 15) is 9.18 Å². The third kappa shape index (κ3) is 5.38. The molecule has 2 aromatic carbocycles. The molecule has 0 aromatic heterocycles. The Morgan fingerprint density at radius 1 is 1.13 bits per heavy atom. The van der Waals surface area contributed by atoms with Crippen LogP contribution in [0.5, 0.6) is 0 Å². The fourth-order valence-electron chi connectivity index (χ4n) is 2.09. The Bertz CT molecular complexity index is 629. The van der Waals surface area contributed by atoms with E-state index in [1.54, 1.807) is 18.2 Å². The van der Waals surface area contributed by atoms with Crippen molar-refractivity contribution in [1.29, 1.82) is 0 Å². The van der Waals surface area contributed by atoms with E-state index in [-0.39, 0.29) is 11.7 Å². The van der Waals surface area contributed by atoms with Crippen molar-refractivity contribution in [2.75, 3.05) is 25.1 Å². The van der Waals surface area contributed by atoms with Crippen LogP contribution in [0, 0.1) is 5.82 Å². The van der Waals surface area contributed by atoms with Crippen molar-refractivity contribution in [3.8, 4) is 0 Å². The lowest BCUT2D eigenvalue weighted by atomic mass is 10.1. The maximum absolute atomic E-state index is 13.0. The van der Waals surface area contributed by atoms with E-state index >= 15 is 0 Å². The molecule has 0 spiro atoms. The number of hydrogen-bond donors (Lipinski definition) is 2.